The molecule has 1 unspecified atom stereocenters. The number of rotatable bonds is 10. The Morgan fingerprint density at radius 3 is 2.53 bits per heavy atom. The summed E-state index contributed by atoms with van der Waals surface area (Å²) >= 11 is 0. The van der Waals surface area contributed by atoms with Crippen LogP contribution in [0.4, 0.5) is 10.1 Å². The van der Waals surface area contributed by atoms with Crippen molar-refractivity contribution >= 4 is 11.6 Å². The van der Waals surface area contributed by atoms with Crippen LogP contribution in [0.1, 0.15) is 53.4 Å². The lowest BCUT2D eigenvalue weighted by atomic mass is 9.98. The predicted octanol–water partition coefficient (Wildman–Crippen LogP) is 6.02. The van der Waals surface area contributed by atoms with Gasteiger partial charge in [0.2, 0.25) is 5.91 Å². The summed E-state index contributed by atoms with van der Waals surface area (Å²) < 4.78 is 21.1. The van der Waals surface area contributed by atoms with E-state index in [1.54, 1.807) is 16.8 Å². The predicted molar refractivity (Wildman–Crippen MR) is 124 cm³/mol. The molecule has 2 aromatic carbocycles. The van der Waals surface area contributed by atoms with E-state index in [-0.39, 0.29) is 29.8 Å². The van der Waals surface area contributed by atoms with Crippen molar-refractivity contribution in [3.8, 4) is 23.1 Å². The van der Waals surface area contributed by atoms with Crippen LogP contribution in [0.2, 0.25) is 0 Å². The number of halogens is 1. The first-order chi connectivity index (χ1) is 15.4. The zero-order valence-electron chi connectivity index (χ0n) is 19.1. The highest BCUT2D eigenvalue weighted by Gasteiger charge is 2.18. The molecule has 1 amide bonds. The number of aromatic nitrogens is 3. The van der Waals surface area contributed by atoms with Crippen LogP contribution in [0, 0.1) is 11.7 Å². The van der Waals surface area contributed by atoms with Gasteiger partial charge in [0, 0.05) is 17.2 Å². The van der Waals surface area contributed by atoms with Crippen LogP contribution in [0.25, 0.3) is 17.1 Å². The van der Waals surface area contributed by atoms with Crippen molar-refractivity contribution in [1.82, 2.24) is 14.8 Å². The Kier molecular flexibility index (Phi) is 7.98. The fourth-order valence-corrected chi connectivity index (χ4v) is 3.45. The van der Waals surface area contributed by atoms with E-state index in [0.717, 1.165) is 37.1 Å². The van der Waals surface area contributed by atoms with Gasteiger partial charge >= 0.3 is 6.01 Å². The van der Waals surface area contributed by atoms with Gasteiger partial charge in [-0.3, -0.25) is 4.79 Å². The Morgan fingerprint density at radius 2 is 1.91 bits per heavy atom. The summed E-state index contributed by atoms with van der Waals surface area (Å²) in [6, 6.07) is 13.8. The zero-order chi connectivity index (χ0) is 23.1. The van der Waals surface area contributed by atoms with Gasteiger partial charge in [-0.2, -0.15) is 4.98 Å². The number of hydrogen-bond acceptors (Lipinski definition) is 4. The average Bonchev–Trinajstić information content (AvgIpc) is 3.18. The molecule has 1 aromatic heterocycles. The number of nitrogens with one attached hydrogen (secondary N) is 1. The molecule has 3 rings (SSSR count). The molecule has 0 aliphatic carbocycles. The zero-order valence-corrected chi connectivity index (χ0v) is 19.1. The molecule has 0 aliphatic rings. The van der Waals surface area contributed by atoms with Crippen molar-refractivity contribution in [3.05, 3.63) is 54.3 Å². The number of amides is 1. The third-order valence-corrected chi connectivity index (χ3v) is 5.16. The summed E-state index contributed by atoms with van der Waals surface area (Å²) in [6.45, 7) is 7.95. The molecule has 170 valence electrons. The van der Waals surface area contributed by atoms with Crippen LogP contribution < -0.4 is 10.1 Å². The van der Waals surface area contributed by atoms with Crippen LogP contribution in [0.3, 0.4) is 0 Å². The molecule has 1 atom stereocenters. The lowest BCUT2D eigenvalue weighted by Gasteiger charge is -2.15. The number of ether oxygens (including phenoxy) is 1. The molecule has 3 aromatic rings. The maximum absolute atomic E-state index is 13.8. The average molecular weight is 439 g/mol. The van der Waals surface area contributed by atoms with Crippen LogP contribution in [-0.2, 0) is 4.79 Å². The van der Waals surface area contributed by atoms with Gasteiger partial charge in [-0.05, 0) is 63.1 Å². The van der Waals surface area contributed by atoms with E-state index in [1.165, 1.54) is 12.1 Å². The van der Waals surface area contributed by atoms with Crippen molar-refractivity contribution in [1.29, 1.82) is 0 Å². The van der Waals surface area contributed by atoms with Crippen molar-refractivity contribution < 1.29 is 13.9 Å². The molecular formula is C25H31FN4O2. The van der Waals surface area contributed by atoms with E-state index in [2.05, 4.69) is 22.3 Å². The minimum Gasteiger partial charge on any atom is -0.460 e. The van der Waals surface area contributed by atoms with Crippen molar-refractivity contribution in [3.63, 3.8) is 0 Å². The highest BCUT2D eigenvalue weighted by atomic mass is 19.1. The first kappa shape index (κ1) is 23.4. The molecule has 0 fully saturated rings. The van der Waals surface area contributed by atoms with E-state index >= 15 is 0 Å². The molecule has 32 heavy (non-hydrogen) atoms. The van der Waals surface area contributed by atoms with Gasteiger partial charge in [0.25, 0.3) is 0 Å². The topological polar surface area (TPSA) is 69.0 Å². The van der Waals surface area contributed by atoms with Crippen LogP contribution in [-0.4, -0.2) is 26.8 Å². The number of carbonyl (C=O) groups is 1. The second kappa shape index (κ2) is 10.9. The number of benzene rings is 2. The molecular weight excluding hydrogens is 407 g/mol. The number of anilines is 1. The fraction of sp³-hybridized carbons (Fsp3) is 0.400. The number of nitrogens with zero attached hydrogens (tertiary/aromatic N) is 3. The summed E-state index contributed by atoms with van der Waals surface area (Å²) in [5.74, 6) is 0.181. The Morgan fingerprint density at radius 1 is 1.16 bits per heavy atom. The molecule has 1 N–H and O–H groups in total. The van der Waals surface area contributed by atoms with E-state index < -0.39 is 0 Å². The first-order valence-corrected chi connectivity index (χ1v) is 11.2. The van der Waals surface area contributed by atoms with E-state index in [9.17, 15) is 9.18 Å². The number of unbranched alkanes of at least 4 members (excludes halogenated alkanes) is 1. The Balaban J connectivity index is 1.86. The lowest BCUT2D eigenvalue weighted by Crippen LogP contribution is -2.22. The van der Waals surface area contributed by atoms with Crippen LogP contribution in [0.15, 0.2) is 48.5 Å². The highest BCUT2D eigenvalue weighted by molar-refractivity contribution is 5.92. The third-order valence-electron chi connectivity index (χ3n) is 5.16. The van der Waals surface area contributed by atoms with Gasteiger partial charge in [0.05, 0.1) is 11.8 Å². The first-order valence-electron chi connectivity index (χ1n) is 11.2. The van der Waals surface area contributed by atoms with Crippen LogP contribution in [0.5, 0.6) is 6.01 Å². The van der Waals surface area contributed by atoms with E-state index in [1.807, 2.05) is 45.0 Å². The normalized spacial score (nSPS) is 12.1. The van der Waals surface area contributed by atoms with Crippen molar-refractivity contribution in [2.45, 2.75) is 59.5 Å². The lowest BCUT2D eigenvalue weighted by molar-refractivity contribution is -0.120. The molecule has 0 saturated carbocycles. The molecule has 0 radical (unpaired) electrons. The summed E-state index contributed by atoms with van der Waals surface area (Å²) in [7, 11) is 0. The summed E-state index contributed by atoms with van der Waals surface area (Å²) in [5, 5.41) is 7.47. The smallest absolute Gasteiger partial charge is 0.336 e. The quantitative estimate of drug-likeness (QED) is 0.420. The molecule has 0 aliphatic heterocycles. The van der Waals surface area contributed by atoms with Gasteiger partial charge < -0.3 is 10.1 Å². The minimum absolute atomic E-state index is 0.0141. The highest BCUT2D eigenvalue weighted by Crippen LogP contribution is 2.25. The fourth-order valence-electron chi connectivity index (χ4n) is 3.45. The van der Waals surface area contributed by atoms with Gasteiger partial charge in [-0.25, -0.2) is 9.07 Å². The molecule has 6 nitrogen and oxygen atoms in total. The van der Waals surface area contributed by atoms with E-state index in [4.69, 9.17) is 4.74 Å². The number of carbonyl (C=O) groups excluding carboxylic acids is 1. The second-order valence-electron chi connectivity index (χ2n) is 8.09. The molecule has 0 spiro atoms. The Hall–Kier alpha value is -3.22. The minimum atomic E-state index is -0.352. The summed E-state index contributed by atoms with van der Waals surface area (Å²) in [5.41, 5.74) is 2.04. The molecule has 0 bridgehead atoms. The largest absolute Gasteiger partial charge is 0.460 e. The molecule has 0 saturated heterocycles. The maximum atomic E-state index is 13.8. The molecule has 1 heterocycles. The third kappa shape index (κ3) is 5.93. The van der Waals surface area contributed by atoms with Crippen molar-refractivity contribution in [2.24, 2.45) is 5.92 Å². The van der Waals surface area contributed by atoms with Crippen molar-refractivity contribution in [2.75, 3.05) is 5.32 Å². The summed E-state index contributed by atoms with van der Waals surface area (Å²) in [4.78, 5) is 17.1. The standard InChI is InChI=1S/C25H31FN4O2/c1-5-7-9-18(6-2)24(31)27-21-12-14-22(15-13-21)30-23(19-10-8-11-20(26)16-19)28-25(29-30)32-17(3)4/h8,10-18H,5-7,9H2,1-4H3,(H,27,31). The maximum Gasteiger partial charge on any atom is 0.336 e. The summed E-state index contributed by atoms with van der Waals surface area (Å²) in [6.07, 6.45) is 3.74. The Bertz CT molecular complexity index is 1030. The SMILES string of the molecule is CCCCC(CC)C(=O)Nc1ccc(-n2nc(OC(C)C)nc2-c2cccc(F)c2)cc1. The Labute approximate surface area is 188 Å². The number of hydrogen-bond donors (Lipinski definition) is 1. The second-order valence-corrected chi connectivity index (χ2v) is 8.09. The molecule has 7 heteroatoms. The van der Waals surface area contributed by atoms with E-state index in [0.29, 0.717) is 11.4 Å². The van der Waals surface area contributed by atoms with Gasteiger partial charge in [0.15, 0.2) is 5.82 Å². The van der Waals surface area contributed by atoms with Crippen LogP contribution >= 0.6 is 0 Å². The van der Waals surface area contributed by atoms with Gasteiger partial charge in [-0.15, -0.1) is 5.10 Å². The van der Waals surface area contributed by atoms with Gasteiger partial charge in [-0.1, -0.05) is 38.8 Å². The van der Waals surface area contributed by atoms with Gasteiger partial charge in [0.1, 0.15) is 5.82 Å². The monoisotopic (exact) mass is 438 g/mol.